The Morgan fingerprint density at radius 2 is 1.83 bits per heavy atom. The van der Waals surface area contributed by atoms with Crippen LogP contribution in [0.1, 0.15) is 18.9 Å². The van der Waals surface area contributed by atoms with Gasteiger partial charge in [-0.15, -0.1) is 0 Å². The second kappa shape index (κ2) is 7.19. The first kappa shape index (κ1) is 18.2. The molecule has 5 nitrogen and oxygen atoms in total. The van der Waals surface area contributed by atoms with Crippen LogP contribution in [-0.4, -0.2) is 37.9 Å². The summed E-state index contributed by atoms with van der Waals surface area (Å²) in [5.74, 6) is 0.412. The number of halogens is 1. The van der Waals surface area contributed by atoms with E-state index in [4.69, 9.17) is 4.74 Å². The van der Waals surface area contributed by atoms with Gasteiger partial charge in [0.2, 0.25) is 0 Å². The average Bonchev–Trinajstić information content (AvgIpc) is 3.60. The van der Waals surface area contributed by atoms with Crippen molar-refractivity contribution >= 4 is 16.6 Å². The zero-order valence-electron chi connectivity index (χ0n) is 16.5. The van der Waals surface area contributed by atoms with Crippen LogP contribution in [0.5, 0.6) is 5.75 Å². The fraction of sp³-hybridized carbons (Fsp3) is 0.348. The van der Waals surface area contributed by atoms with E-state index in [0.717, 1.165) is 55.9 Å². The van der Waals surface area contributed by atoms with Crippen LogP contribution in [0.4, 0.5) is 10.1 Å². The third kappa shape index (κ3) is 3.27. The molecule has 1 aromatic heterocycles. The van der Waals surface area contributed by atoms with E-state index in [0.29, 0.717) is 22.7 Å². The van der Waals surface area contributed by atoms with Gasteiger partial charge in [-0.2, -0.15) is 0 Å². The topological polar surface area (TPSA) is 46.5 Å². The number of fused-ring (bicyclic) bond motifs is 1. The summed E-state index contributed by atoms with van der Waals surface area (Å²) >= 11 is 0. The predicted octanol–water partition coefficient (Wildman–Crippen LogP) is 3.56. The molecular weight excluding hydrogens is 369 g/mol. The molecule has 1 aliphatic carbocycles. The Balaban J connectivity index is 1.69. The first-order chi connectivity index (χ1) is 14.2. The van der Waals surface area contributed by atoms with Crippen LogP contribution < -0.4 is 20.4 Å². The number of pyridine rings is 1. The molecule has 2 heterocycles. The van der Waals surface area contributed by atoms with Crippen molar-refractivity contribution in [2.45, 2.75) is 18.9 Å². The van der Waals surface area contributed by atoms with Gasteiger partial charge < -0.3 is 19.5 Å². The van der Waals surface area contributed by atoms with Gasteiger partial charge in [-0.05, 0) is 42.7 Å². The minimum Gasteiger partial charge on any atom is -0.497 e. The minimum absolute atomic E-state index is 0.132. The highest BCUT2D eigenvalue weighted by Gasteiger charge is 2.27. The highest BCUT2D eigenvalue weighted by molar-refractivity contribution is 5.87. The molecule has 1 saturated carbocycles. The van der Waals surface area contributed by atoms with Crippen molar-refractivity contribution in [1.29, 1.82) is 0 Å². The number of hydrogen-bond donors (Lipinski definition) is 1. The van der Waals surface area contributed by atoms with E-state index in [1.165, 1.54) is 6.07 Å². The van der Waals surface area contributed by atoms with Crippen LogP contribution in [0, 0.1) is 5.82 Å². The normalized spacial score (nSPS) is 17.0. The fourth-order valence-electron chi connectivity index (χ4n) is 4.14. The molecule has 1 aliphatic heterocycles. The highest BCUT2D eigenvalue weighted by atomic mass is 19.1. The molecule has 0 bridgehead atoms. The van der Waals surface area contributed by atoms with Gasteiger partial charge in [0.05, 0.1) is 18.3 Å². The van der Waals surface area contributed by atoms with Crippen LogP contribution in [-0.2, 0) is 0 Å². The highest BCUT2D eigenvalue weighted by Crippen LogP contribution is 2.39. The summed E-state index contributed by atoms with van der Waals surface area (Å²) < 4.78 is 22.4. The summed E-state index contributed by atoms with van der Waals surface area (Å²) in [5, 5.41) is 3.74. The molecule has 0 amide bonds. The lowest BCUT2D eigenvalue weighted by molar-refractivity contribution is 0.415. The number of benzene rings is 2. The van der Waals surface area contributed by atoms with Gasteiger partial charge in [0, 0.05) is 49.4 Å². The van der Waals surface area contributed by atoms with Crippen molar-refractivity contribution in [3.63, 3.8) is 0 Å². The number of ether oxygens (including phenoxy) is 1. The van der Waals surface area contributed by atoms with Gasteiger partial charge in [-0.3, -0.25) is 4.79 Å². The molecule has 0 radical (unpaired) electrons. The summed E-state index contributed by atoms with van der Waals surface area (Å²) in [4.78, 5) is 15.3. The number of aromatic nitrogens is 1. The monoisotopic (exact) mass is 393 g/mol. The van der Waals surface area contributed by atoms with Gasteiger partial charge >= 0.3 is 0 Å². The van der Waals surface area contributed by atoms with Crippen molar-refractivity contribution in [3.05, 3.63) is 58.6 Å². The van der Waals surface area contributed by atoms with Crippen LogP contribution in [0.3, 0.4) is 0 Å². The Labute approximate surface area is 168 Å². The van der Waals surface area contributed by atoms with Crippen molar-refractivity contribution in [1.82, 2.24) is 9.88 Å². The second-order valence-electron chi connectivity index (χ2n) is 7.80. The lowest BCUT2D eigenvalue weighted by Gasteiger charge is -2.30. The summed E-state index contributed by atoms with van der Waals surface area (Å²) in [5.41, 5.74) is 2.70. The van der Waals surface area contributed by atoms with E-state index in [-0.39, 0.29) is 11.2 Å². The molecule has 29 heavy (non-hydrogen) atoms. The fourth-order valence-corrected chi connectivity index (χ4v) is 4.14. The zero-order chi connectivity index (χ0) is 20.0. The number of anilines is 1. The maximum atomic E-state index is 15.0. The summed E-state index contributed by atoms with van der Waals surface area (Å²) in [6, 6.07) is 11.1. The zero-order valence-corrected chi connectivity index (χ0v) is 16.5. The maximum absolute atomic E-state index is 15.0. The number of rotatable bonds is 4. The van der Waals surface area contributed by atoms with Crippen molar-refractivity contribution in [3.8, 4) is 16.9 Å². The molecule has 2 aliphatic rings. The molecule has 6 heteroatoms. The molecule has 2 aromatic carbocycles. The Morgan fingerprint density at radius 3 is 2.48 bits per heavy atom. The molecule has 1 N–H and O–H groups in total. The van der Waals surface area contributed by atoms with Crippen LogP contribution in [0.15, 0.2) is 47.4 Å². The van der Waals surface area contributed by atoms with Gasteiger partial charge in [0.25, 0.3) is 0 Å². The number of piperazine rings is 1. The Hall–Kier alpha value is -2.86. The van der Waals surface area contributed by atoms with E-state index in [1.54, 1.807) is 7.11 Å². The van der Waals surface area contributed by atoms with Crippen molar-refractivity contribution in [2.75, 3.05) is 38.2 Å². The molecule has 1 saturated heterocycles. The van der Waals surface area contributed by atoms with Gasteiger partial charge in [-0.25, -0.2) is 4.39 Å². The predicted molar refractivity (Wildman–Crippen MR) is 114 cm³/mol. The average molecular weight is 393 g/mol. The number of nitrogens with one attached hydrogen (secondary N) is 1. The number of methoxy groups -OCH3 is 1. The largest absolute Gasteiger partial charge is 0.497 e. The SMILES string of the molecule is COc1ccc(-c2cn(C3CC3)c3cc(N4CCNCC4)c(F)cc3c2=O)cc1. The van der Waals surface area contributed by atoms with Crippen LogP contribution in [0.25, 0.3) is 22.0 Å². The summed E-state index contributed by atoms with van der Waals surface area (Å²) in [7, 11) is 1.61. The number of hydrogen-bond acceptors (Lipinski definition) is 4. The van der Waals surface area contributed by atoms with Gasteiger partial charge in [0.1, 0.15) is 11.6 Å². The molecule has 3 aromatic rings. The Bertz CT molecular complexity index is 1110. The van der Waals surface area contributed by atoms with E-state index in [9.17, 15) is 4.79 Å². The van der Waals surface area contributed by atoms with E-state index in [2.05, 4.69) is 14.8 Å². The molecule has 0 unspecified atom stereocenters. The third-order valence-electron chi connectivity index (χ3n) is 5.90. The molecule has 5 rings (SSSR count). The second-order valence-corrected chi connectivity index (χ2v) is 7.80. The van der Waals surface area contributed by atoms with Gasteiger partial charge in [0.15, 0.2) is 5.43 Å². The molecular formula is C23H24FN3O2. The smallest absolute Gasteiger partial charge is 0.197 e. The quantitative estimate of drug-likeness (QED) is 0.736. The van der Waals surface area contributed by atoms with Crippen LogP contribution in [0.2, 0.25) is 0 Å². The van der Waals surface area contributed by atoms with Crippen molar-refractivity contribution in [2.24, 2.45) is 0 Å². The Kier molecular flexibility index (Phi) is 4.51. The molecule has 0 atom stereocenters. The van der Waals surface area contributed by atoms with E-state index in [1.807, 2.05) is 36.5 Å². The summed E-state index contributed by atoms with van der Waals surface area (Å²) in [6.45, 7) is 3.20. The first-order valence-electron chi connectivity index (χ1n) is 10.1. The minimum atomic E-state index is -0.328. The summed E-state index contributed by atoms with van der Waals surface area (Å²) in [6.07, 6.45) is 4.12. The lowest BCUT2D eigenvalue weighted by atomic mass is 10.0. The lowest BCUT2D eigenvalue weighted by Crippen LogP contribution is -2.43. The Morgan fingerprint density at radius 1 is 1.10 bits per heavy atom. The third-order valence-corrected chi connectivity index (χ3v) is 5.90. The van der Waals surface area contributed by atoms with Crippen LogP contribution >= 0.6 is 0 Å². The van der Waals surface area contributed by atoms with E-state index >= 15 is 4.39 Å². The van der Waals surface area contributed by atoms with Crippen molar-refractivity contribution < 1.29 is 9.13 Å². The standard InChI is InChI=1S/C23H24FN3O2/c1-29-17-6-2-15(3-7-17)19-14-27(16-4-5-16)21-13-22(26-10-8-25-9-11-26)20(24)12-18(21)23(19)28/h2-3,6-7,12-14,16,25H,4-5,8-11H2,1H3. The molecule has 0 spiro atoms. The molecule has 2 fully saturated rings. The molecule has 150 valence electrons. The first-order valence-corrected chi connectivity index (χ1v) is 10.1. The number of nitrogens with zero attached hydrogens (tertiary/aromatic N) is 2. The van der Waals surface area contributed by atoms with Gasteiger partial charge in [-0.1, -0.05) is 12.1 Å². The maximum Gasteiger partial charge on any atom is 0.197 e. The van der Waals surface area contributed by atoms with E-state index < -0.39 is 0 Å².